The highest BCUT2D eigenvalue weighted by Crippen LogP contribution is 2.30. The quantitative estimate of drug-likeness (QED) is 0.742. The summed E-state index contributed by atoms with van der Waals surface area (Å²) < 4.78 is 1.63. The minimum atomic E-state index is -1.06. The molecule has 1 aliphatic rings. The van der Waals surface area contributed by atoms with E-state index in [-0.39, 0.29) is 17.5 Å². The van der Waals surface area contributed by atoms with Gasteiger partial charge in [-0.3, -0.25) is 0 Å². The predicted molar refractivity (Wildman–Crippen MR) is 77.4 cm³/mol. The van der Waals surface area contributed by atoms with Gasteiger partial charge in [0.1, 0.15) is 17.5 Å². The van der Waals surface area contributed by atoms with Gasteiger partial charge in [-0.1, -0.05) is 23.9 Å². The number of phenols is 1. The topological polar surface area (TPSA) is 100 Å². The van der Waals surface area contributed by atoms with Crippen molar-refractivity contribution in [3.63, 3.8) is 0 Å². The molecule has 1 aliphatic heterocycles. The summed E-state index contributed by atoms with van der Waals surface area (Å²) >= 11 is 1.38. The fourth-order valence-electron chi connectivity index (χ4n) is 2.09. The van der Waals surface area contributed by atoms with E-state index < -0.39 is 5.97 Å². The molecule has 7 nitrogen and oxygen atoms in total. The second-order valence-electron chi connectivity index (χ2n) is 4.41. The molecule has 1 aromatic carbocycles. The Bertz CT molecular complexity index is 724. The number of aromatic hydroxyl groups is 1. The van der Waals surface area contributed by atoms with Gasteiger partial charge in [-0.2, -0.15) is 4.98 Å². The Kier molecular flexibility index (Phi) is 3.30. The number of carbonyl (C=O) groups is 1. The zero-order valence-electron chi connectivity index (χ0n) is 11.0. The first-order chi connectivity index (χ1) is 10.1. The van der Waals surface area contributed by atoms with E-state index in [0.29, 0.717) is 11.1 Å². The average Bonchev–Trinajstić information content (AvgIpc) is 2.90. The summed E-state index contributed by atoms with van der Waals surface area (Å²) in [6.45, 7) is 0. The van der Waals surface area contributed by atoms with Crippen LogP contribution in [0.25, 0.3) is 0 Å². The highest BCUT2D eigenvalue weighted by molar-refractivity contribution is 7.98. The van der Waals surface area contributed by atoms with Gasteiger partial charge in [0.25, 0.3) is 0 Å². The molecule has 0 saturated carbocycles. The molecule has 3 rings (SSSR count). The molecule has 1 aromatic heterocycles. The van der Waals surface area contributed by atoms with E-state index in [1.54, 1.807) is 35.0 Å². The minimum Gasteiger partial charge on any atom is -0.508 e. The molecule has 0 bridgehead atoms. The number of hydrogen-bond donors (Lipinski definition) is 3. The molecular weight excluding hydrogens is 292 g/mol. The maximum Gasteiger partial charge on any atom is 0.352 e. The third kappa shape index (κ3) is 2.45. The van der Waals surface area contributed by atoms with Gasteiger partial charge in [-0.05, 0) is 30.0 Å². The van der Waals surface area contributed by atoms with Crippen LogP contribution in [0.2, 0.25) is 0 Å². The van der Waals surface area contributed by atoms with Crippen molar-refractivity contribution in [2.24, 2.45) is 0 Å². The molecule has 1 atom stereocenters. The molecule has 0 unspecified atom stereocenters. The van der Waals surface area contributed by atoms with Gasteiger partial charge < -0.3 is 15.5 Å². The average molecular weight is 304 g/mol. The fourth-order valence-corrected chi connectivity index (χ4v) is 2.44. The number of rotatable bonds is 3. The maximum absolute atomic E-state index is 11.2. The van der Waals surface area contributed by atoms with E-state index in [1.807, 2.05) is 6.26 Å². The number of aliphatic carboxylic acids is 1. The number of carboxylic acid groups (broad SMARTS) is 1. The van der Waals surface area contributed by atoms with Crippen molar-refractivity contribution in [3.05, 3.63) is 41.6 Å². The van der Waals surface area contributed by atoms with E-state index in [9.17, 15) is 15.0 Å². The summed E-state index contributed by atoms with van der Waals surface area (Å²) in [6.07, 6.45) is 3.42. The third-order valence-corrected chi connectivity index (χ3v) is 3.63. The van der Waals surface area contributed by atoms with Crippen molar-refractivity contribution >= 4 is 23.7 Å². The SMILES string of the molecule is CSc1nc2n(n1)[C@H](c1ccc(O)cc1)C=C(C(=O)O)N2. The molecule has 0 amide bonds. The van der Waals surface area contributed by atoms with Gasteiger partial charge in [0.15, 0.2) is 0 Å². The fraction of sp³-hybridized carbons (Fsp3) is 0.154. The number of allylic oxidation sites excluding steroid dienone is 1. The Morgan fingerprint density at radius 2 is 2.10 bits per heavy atom. The summed E-state index contributed by atoms with van der Waals surface area (Å²) in [7, 11) is 0. The Labute approximate surface area is 124 Å². The Morgan fingerprint density at radius 3 is 2.71 bits per heavy atom. The summed E-state index contributed by atoms with van der Waals surface area (Å²) in [5.41, 5.74) is 0.868. The van der Waals surface area contributed by atoms with Crippen molar-refractivity contribution in [2.75, 3.05) is 11.6 Å². The van der Waals surface area contributed by atoms with E-state index in [0.717, 1.165) is 5.56 Å². The molecule has 0 fully saturated rings. The number of carboxylic acids is 1. The zero-order chi connectivity index (χ0) is 15.0. The van der Waals surface area contributed by atoms with E-state index in [2.05, 4.69) is 15.4 Å². The van der Waals surface area contributed by atoms with Gasteiger partial charge in [-0.25, -0.2) is 9.48 Å². The van der Waals surface area contributed by atoms with E-state index in [1.165, 1.54) is 11.8 Å². The molecule has 0 saturated heterocycles. The predicted octanol–water partition coefficient (Wildman–Crippen LogP) is 1.69. The first kappa shape index (κ1) is 13.5. The molecule has 21 heavy (non-hydrogen) atoms. The highest BCUT2D eigenvalue weighted by atomic mass is 32.2. The summed E-state index contributed by atoms with van der Waals surface area (Å²) in [4.78, 5) is 15.5. The van der Waals surface area contributed by atoms with Gasteiger partial charge in [0, 0.05) is 0 Å². The number of fused-ring (bicyclic) bond motifs is 1. The molecule has 0 radical (unpaired) electrons. The second-order valence-corrected chi connectivity index (χ2v) is 5.19. The van der Waals surface area contributed by atoms with Crippen molar-refractivity contribution < 1.29 is 15.0 Å². The number of thioether (sulfide) groups is 1. The number of nitrogens with zero attached hydrogens (tertiary/aromatic N) is 3. The number of nitrogens with one attached hydrogen (secondary N) is 1. The zero-order valence-corrected chi connectivity index (χ0v) is 11.8. The minimum absolute atomic E-state index is 0.0561. The first-order valence-corrected chi connectivity index (χ1v) is 7.32. The standard InChI is InChI=1S/C13H12N4O3S/c1-21-13-15-12-14-9(11(19)20)6-10(17(12)16-13)7-2-4-8(18)5-3-7/h2-6,10,18H,1H3,(H,19,20)(H,14,15,16)/t10-/m0/s1. The summed E-state index contributed by atoms with van der Waals surface area (Å²) in [5.74, 6) is -0.519. The van der Waals surface area contributed by atoms with Crippen LogP contribution in [0.15, 0.2) is 41.2 Å². The van der Waals surface area contributed by atoms with Gasteiger partial charge in [-0.15, -0.1) is 5.10 Å². The van der Waals surface area contributed by atoms with Gasteiger partial charge in [0.2, 0.25) is 11.1 Å². The molecule has 3 N–H and O–H groups in total. The lowest BCUT2D eigenvalue weighted by atomic mass is 10.0. The van der Waals surface area contributed by atoms with E-state index >= 15 is 0 Å². The van der Waals surface area contributed by atoms with Gasteiger partial charge >= 0.3 is 5.97 Å². The largest absolute Gasteiger partial charge is 0.508 e. The van der Waals surface area contributed by atoms with E-state index in [4.69, 9.17) is 0 Å². The van der Waals surface area contributed by atoms with Crippen molar-refractivity contribution in [2.45, 2.75) is 11.2 Å². The molecular formula is C13H12N4O3S. The maximum atomic E-state index is 11.2. The monoisotopic (exact) mass is 304 g/mol. The summed E-state index contributed by atoms with van der Waals surface area (Å²) in [6, 6.07) is 6.17. The number of aromatic nitrogens is 3. The number of phenolic OH excluding ortho intramolecular Hbond substituents is 1. The lowest BCUT2D eigenvalue weighted by molar-refractivity contribution is -0.132. The van der Waals surface area contributed by atoms with Crippen LogP contribution in [0.5, 0.6) is 5.75 Å². The lowest BCUT2D eigenvalue weighted by Crippen LogP contribution is -2.24. The van der Waals surface area contributed by atoms with Crippen LogP contribution < -0.4 is 5.32 Å². The smallest absolute Gasteiger partial charge is 0.352 e. The Balaban J connectivity index is 2.10. The third-order valence-electron chi connectivity index (χ3n) is 3.09. The number of hydrogen-bond acceptors (Lipinski definition) is 6. The Morgan fingerprint density at radius 1 is 1.38 bits per heavy atom. The van der Waals surface area contributed by atoms with Crippen LogP contribution in [-0.4, -0.2) is 37.2 Å². The van der Waals surface area contributed by atoms with Crippen LogP contribution in [0.3, 0.4) is 0 Å². The van der Waals surface area contributed by atoms with Crippen LogP contribution in [-0.2, 0) is 4.79 Å². The summed E-state index contributed by atoms with van der Waals surface area (Å²) in [5, 5.41) is 26.2. The second kappa shape index (κ2) is 5.13. The van der Waals surface area contributed by atoms with Crippen LogP contribution in [0.4, 0.5) is 5.95 Å². The lowest BCUT2D eigenvalue weighted by Gasteiger charge is -2.22. The molecule has 8 heteroatoms. The number of benzene rings is 1. The first-order valence-electron chi connectivity index (χ1n) is 6.10. The normalized spacial score (nSPS) is 16.8. The highest BCUT2D eigenvalue weighted by Gasteiger charge is 2.26. The number of anilines is 1. The van der Waals surface area contributed by atoms with Crippen molar-refractivity contribution in [1.29, 1.82) is 0 Å². The van der Waals surface area contributed by atoms with Gasteiger partial charge in [0.05, 0.1) is 0 Å². The molecule has 0 spiro atoms. The van der Waals surface area contributed by atoms with Crippen LogP contribution >= 0.6 is 11.8 Å². The molecule has 108 valence electrons. The van der Waals surface area contributed by atoms with Crippen molar-refractivity contribution in [3.8, 4) is 5.75 Å². The Hall–Kier alpha value is -2.48. The van der Waals surface area contributed by atoms with Crippen LogP contribution in [0, 0.1) is 0 Å². The van der Waals surface area contributed by atoms with Crippen molar-refractivity contribution in [1.82, 2.24) is 14.8 Å². The molecule has 2 aromatic rings. The van der Waals surface area contributed by atoms with Crippen LogP contribution in [0.1, 0.15) is 11.6 Å². The molecule has 2 heterocycles. The molecule has 0 aliphatic carbocycles.